The molecule has 5 nitrogen and oxygen atoms in total. The molecular weight excluding hydrogens is 333 g/mol. The molecule has 1 aliphatic rings. The first kappa shape index (κ1) is 14.9. The summed E-state index contributed by atoms with van der Waals surface area (Å²) in [5, 5.41) is 0. The van der Waals surface area contributed by atoms with E-state index in [-0.39, 0.29) is 10.6 Å². The van der Waals surface area contributed by atoms with Crippen LogP contribution >= 0.6 is 21.4 Å². The maximum Gasteiger partial charge on any atom is 0.263 e. The number of hydrogen-bond acceptors (Lipinski definition) is 5. The van der Waals surface area contributed by atoms with Crippen LogP contribution in [0.25, 0.3) is 0 Å². The first-order valence-corrected chi connectivity index (χ1v) is 10.1. The van der Waals surface area contributed by atoms with E-state index in [1.54, 1.807) is 0 Å². The van der Waals surface area contributed by atoms with Crippen molar-refractivity contribution in [1.82, 2.24) is 0 Å². The molecule has 0 atom stereocenters. The molecule has 19 heavy (non-hydrogen) atoms. The van der Waals surface area contributed by atoms with Gasteiger partial charge in [0.25, 0.3) is 18.1 Å². The predicted octanol–water partition coefficient (Wildman–Crippen LogP) is 2.00. The van der Waals surface area contributed by atoms with Crippen molar-refractivity contribution >= 4 is 45.2 Å². The van der Waals surface area contributed by atoms with Crippen molar-refractivity contribution in [1.29, 1.82) is 0 Å². The molecule has 0 saturated heterocycles. The molecule has 0 aromatic heterocycles. The van der Waals surface area contributed by atoms with E-state index in [1.165, 1.54) is 0 Å². The molecule has 0 aliphatic heterocycles. The second kappa shape index (κ2) is 4.80. The lowest BCUT2D eigenvalue weighted by Crippen LogP contribution is -2.14. The highest BCUT2D eigenvalue weighted by atomic mass is 35.7. The number of hydrogen-bond donors (Lipinski definition) is 1. The quantitative estimate of drug-likeness (QED) is 0.654. The Morgan fingerprint density at radius 2 is 1.37 bits per heavy atom. The molecule has 9 heteroatoms. The van der Waals surface area contributed by atoms with E-state index in [0.29, 0.717) is 24.0 Å². The van der Waals surface area contributed by atoms with Crippen LogP contribution in [0, 0.1) is 0 Å². The van der Waals surface area contributed by atoms with E-state index in [1.807, 2.05) is 0 Å². The molecular formula is C10H11Cl2NO4S2. The fourth-order valence-corrected chi connectivity index (χ4v) is 4.62. The number of anilines is 1. The van der Waals surface area contributed by atoms with Crippen LogP contribution in [-0.2, 0) is 30.9 Å². The van der Waals surface area contributed by atoms with Crippen LogP contribution < -0.4 is 5.73 Å². The van der Waals surface area contributed by atoms with Crippen molar-refractivity contribution in [3.63, 3.8) is 0 Å². The third-order valence-electron chi connectivity index (χ3n) is 3.14. The number of rotatable bonds is 2. The van der Waals surface area contributed by atoms with Crippen molar-refractivity contribution in [3.05, 3.63) is 17.2 Å². The molecule has 2 rings (SSSR count). The monoisotopic (exact) mass is 343 g/mol. The molecule has 0 fully saturated rings. The van der Waals surface area contributed by atoms with Crippen molar-refractivity contribution in [2.45, 2.75) is 35.5 Å². The predicted molar refractivity (Wildman–Crippen MR) is 73.6 cm³/mol. The second-order valence-electron chi connectivity index (χ2n) is 4.33. The summed E-state index contributed by atoms with van der Waals surface area (Å²) in [7, 11) is 2.47. The maximum absolute atomic E-state index is 11.6. The zero-order valence-electron chi connectivity index (χ0n) is 9.69. The van der Waals surface area contributed by atoms with Crippen LogP contribution in [0.2, 0.25) is 0 Å². The molecule has 0 saturated carbocycles. The average Bonchev–Trinajstić information content (AvgIpc) is 2.26. The minimum Gasteiger partial charge on any atom is -0.397 e. The van der Waals surface area contributed by atoms with Gasteiger partial charge in [0.1, 0.15) is 4.90 Å². The summed E-state index contributed by atoms with van der Waals surface area (Å²) < 4.78 is 46.1. The van der Waals surface area contributed by atoms with Crippen LogP contribution in [0.4, 0.5) is 5.69 Å². The standard InChI is InChI=1S/C10H11Cl2NO4S2/c11-18(14,15)8-5-9(19(12,16)17)10(13)7-4-2-1-3-6(7)8/h5H,1-4,13H2. The van der Waals surface area contributed by atoms with E-state index in [9.17, 15) is 16.8 Å². The Bertz CT molecular complexity index is 741. The van der Waals surface area contributed by atoms with E-state index >= 15 is 0 Å². The Kier molecular flexibility index (Phi) is 3.77. The summed E-state index contributed by atoms with van der Waals surface area (Å²) in [6.07, 6.45) is 2.63. The summed E-state index contributed by atoms with van der Waals surface area (Å²) in [5.41, 5.74) is 6.85. The van der Waals surface area contributed by atoms with Gasteiger partial charge in [-0.2, -0.15) is 0 Å². The fourth-order valence-electron chi connectivity index (χ4n) is 2.33. The zero-order valence-corrected chi connectivity index (χ0v) is 12.8. The largest absolute Gasteiger partial charge is 0.397 e. The second-order valence-corrected chi connectivity index (χ2v) is 9.40. The van der Waals surface area contributed by atoms with Crippen LogP contribution in [0.15, 0.2) is 15.9 Å². The Hall–Kier alpha value is -0.500. The van der Waals surface area contributed by atoms with Crippen LogP contribution in [0.3, 0.4) is 0 Å². The molecule has 0 spiro atoms. The van der Waals surface area contributed by atoms with Crippen molar-refractivity contribution in [2.24, 2.45) is 0 Å². The third kappa shape index (κ3) is 2.84. The van der Waals surface area contributed by atoms with Crippen LogP contribution in [0.1, 0.15) is 24.0 Å². The molecule has 1 aromatic carbocycles. The minimum atomic E-state index is -4.13. The number of benzene rings is 1. The SMILES string of the molecule is Nc1c(S(=O)(=O)Cl)cc(S(=O)(=O)Cl)c2c1CCCC2. The van der Waals surface area contributed by atoms with Gasteiger partial charge in [0, 0.05) is 21.4 Å². The van der Waals surface area contributed by atoms with E-state index < -0.39 is 23.0 Å². The lowest BCUT2D eigenvalue weighted by Gasteiger charge is -2.21. The third-order valence-corrected chi connectivity index (χ3v) is 5.89. The first-order chi connectivity index (χ1) is 8.62. The van der Waals surface area contributed by atoms with Gasteiger partial charge in [-0.05, 0) is 42.9 Å². The first-order valence-electron chi connectivity index (χ1n) is 5.46. The van der Waals surface area contributed by atoms with Crippen LogP contribution in [-0.4, -0.2) is 16.8 Å². The number of nitrogen functional groups attached to an aromatic ring is 1. The fraction of sp³-hybridized carbons (Fsp3) is 0.400. The van der Waals surface area contributed by atoms with E-state index in [4.69, 9.17) is 27.1 Å². The van der Waals surface area contributed by atoms with Crippen LogP contribution in [0.5, 0.6) is 0 Å². The van der Waals surface area contributed by atoms with Gasteiger partial charge in [-0.25, -0.2) is 16.8 Å². The maximum atomic E-state index is 11.6. The Morgan fingerprint density at radius 3 is 1.84 bits per heavy atom. The summed E-state index contributed by atoms with van der Waals surface area (Å²) in [4.78, 5) is -0.605. The minimum absolute atomic E-state index is 0.0220. The zero-order chi connectivity index (χ0) is 14.4. The number of halogens is 2. The number of nitrogens with two attached hydrogens (primary N) is 1. The highest BCUT2D eigenvalue weighted by Gasteiger charge is 2.28. The Labute approximate surface area is 120 Å². The van der Waals surface area contributed by atoms with Gasteiger partial charge in [0.2, 0.25) is 0 Å². The molecule has 0 amide bonds. The van der Waals surface area contributed by atoms with Gasteiger partial charge in [0.05, 0.1) is 10.6 Å². The molecule has 1 aromatic rings. The van der Waals surface area contributed by atoms with Gasteiger partial charge < -0.3 is 5.73 Å². The summed E-state index contributed by atoms with van der Waals surface area (Å²) in [6.45, 7) is 0. The average molecular weight is 344 g/mol. The summed E-state index contributed by atoms with van der Waals surface area (Å²) >= 11 is 0. The van der Waals surface area contributed by atoms with Gasteiger partial charge in [-0.15, -0.1) is 0 Å². The normalized spacial score (nSPS) is 16.1. The molecule has 2 N–H and O–H groups in total. The molecule has 0 bridgehead atoms. The smallest absolute Gasteiger partial charge is 0.263 e. The highest BCUT2D eigenvalue weighted by molar-refractivity contribution is 8.14. The summed E-state index contributed by atoms with van der Waals surface area (Å²) in [6, 6.07) is 0.949. The van der Waals surface area contributed by atoms with Gasteiger partial charge in [-0.3, -0.25) is 0 Å². The van der Waals surface area contributed by atoms with Crippen molar-refractivity contribution < 1.29 is 16.8 Å². The van der Waals surface area contributed by atoms with Gasteiger partial charge in [0.15, 0.2) is 0 Å². The van der Waals surface area contributed by atoms with Crippen molar-refractivity contribution in [3.8, 4) is 0 Å². The van der Waals surface area contributed by atoms with E-state index in [0.717, 1.165) is 18.9 Å². The topological polar surface area (TPSA) is 94.3 Å². The molecule has 1 aliphatic carbocycles. The van der Waals surface area contributed by atoms with Gasteiger partial charge >= 0.3 is 0 Å². The van der Waals surface area contributed by atoms with Gasteiger partial charge in [-0.1, -0.05) is 0 Å². The van der Waals surface area contributed by atoms with E-state index in [2.05, 4.69) is 0 Å². The lowest BCUT2D eigenvalue weighted by molar-refractivity contribution is 0.602. The summed E-state index contributed by atoms with van der Waals surface area (Å²) in [5.74, 6) is 0. The molecule has 0 unspecified atom stereocenters. The highest BCUT2D eigenvalue weighted by Crippen LogP contribution is 2.38. The number of fused-ring (bicyclic) bond motifs is 1. The Balaban J connectivity index is 2.90. The Morgan fingerprint density at radius 1 is 0.895 bits per heavy atom. The lowest BCUT2D eigenvalue weighted by atomic mass is 9.90. The molecule has 0 radical (unpaired) electrons. The molecule has 106 valence electrons. The van der Waals surface area contributed by atoms with Crippen molar-refractivity contribution in [2.75, 3.05) is 5.73 Å². The molecule has 0 heterocycles.